The minimum Gasteiger partial charge on any atom is -0.313 e. The lowest BCUT2D eigenvalue weighted by atomic mass is 10.1. The molecule has 0 saturated heterocycles. The summed E-state index contributed by atoms with van der Waals surface area (Å²) >= 11 is 3.32. The first-order valence-corrected chi connectivity index (χ1v) is 8.96. The van der Waals surface area contributed by atoms with Crippen LogP contribution < -0.4 is 10.0 Å². The van der Waals surface area contributed by atoms with Crippen LogP contribution in [0.25, 0.3) is 0 Å². The van der Waals surface area contributed by atoms with Crippen LogP contribution in [0.2, 0.25) is 0 Å². The van der Waals surface area contributed by atoms with Crippen molar-refractivity contribution in [2.45, 2.75) is 51.1 Å². The second-order valence-electron chi connectivity index (χ2n) is 5.80. The average Bonchev–Trinajstić information content (AvgIpc) is 2.28. The second-order valence-corrected chi connectivity index (χ2v) is 8.30. The Hall–Kier alpha value is -0.430. The van der Waals surface area contributed by atoms with Crippen molar-refractivity contribution in [2.75, 3.05) is 6.54 Å². The van der Waals surface area contributed by atoms with Crippen LogP contribution >= 0.6 is 15.9 Å². The Balaban J connectivity index is 3.02. The number of nitrogens with one attached hydrogen (secondary N) is 2. The van der Waals surface area contributed by atoms with Crippen LogP contribution in [0.4, 0.5) is 0 Å². The second kappa shape index (κ2) is 7.02. The van der Waals surface area contributed by atoms with Gasteiger partial charge in [-0.05, 0) is 67.4 Å². The molecule has 1 aromatic carbocycles. The molecular weight excluding hydrogens is 340 g/mol. The van der Waals surface area contributed by atoms with E-state index in [2.05, 4.69) is 32.9 Å². The van der Waals surface area contributed by atoms with E-state index >= 15 is 0 Å². The van der Waals surface area contributed by atoms with Crippen LogP contribution in [0, 0.1) is 0 Å². The van der Waals surface area contributed by atoms with E-state index in [0.29, 0.717) is 11.0 Å². The van der Waals surface area contributed by atoms with Gasteiger partial charge in [-0.25, -0.2) is 13.1 Å². The number of sulfonamides is 1. The van der Waals surface area contributed by atoms with Crippen molar-refractivity contribution in [1.29, 1.82) is 0 Å². The first-order valence-electron chi connectivity index (χ1n) is 6.69. The van der Waals surface area contributed by atoms with Crippen LogP contribution in [0.5, 0.6) is 0 Å². The Morgan fingerprint density at radius 3 is 2.45 bits per heavy atom. The van der Waals surface area contributed by atoms with Gasteiger partial charge in [-0.1, -0.05) is 13.0 Å². The maximum absolute atomic E-state index is 12.4. The molecule has 1 rings (SSSR count). The molecule has 0 aromatic heterocycles. The summed E-state index contributed by atoms with van der Waals surface area (Å²) in [7, 11) is -3.53. The lowest BCUT2D eigenvalue weighted by molar-refractivity contribution is 0.491. The van der Waals surface area contributed by atoms with Gasteiger partial charge in [0.15, 0.2) is 0 Å². The van der Waals surface area contributed by atoms with Crippen molar-refractivity contribution in [3.63, 3.8) is 0 Å². The highest BCUT2D eigenvalue weighted by Crippen LogP contribution is 2.24. The summed E-state index contributed by atoms with van der Waals surface area (Å²) in [6, 6.07) is 5.41. The molecule has 114 valence electrons. The maximum atomic E-state index is 12.4. The van der Waals surface area contributed by atoms with E-state index in [9.17, 15) is 8.42 Å². The van der Waals surface area contributed by atoms with Gasteiger partial charge in [0.1, 0.15) is 0 Å². The molecular formula is C14H23BrN2O2S. The summed E-state index contributed by atoms with van der Waals surface area (Å²) < 4.78 is 28.0. The highest BCUT2D eigenvalue weighted by molar-refractivity contribution is 9.10. The maximum Gasteiger partial charge on any atom is 0.242 e. The summed E-state index contributed by atoms with van der Waals surface area (Å²) in [5.41, 5.74) is 0.449. The lowest BCUT2D eigenvalue weighted by Gasteiger charge is -2.21. The Bertz CT molecular complexity index is 551. The molecule has 0 saturated carbocycles. The summed E-state index contributed by atoms with van der Waals surface area (Å²) in [5.74, 6) is 0. The van der Waals surface area contributed by atoms with E-state index in [4.69, 9.17) is 0 Å². The topological polar surface area (TPSA) is 58.2 Å². The molecule has 1 aromatic rings. The smallest absolute Gasteiger partial charge is 0.242 e. The number of benzene rings is 1. The molecule has 0 unspecified atom stereocenters. The third-order valence-electron chi connectivity index (χ3n) is 2.48. The third kappa shape index (κ3) is 5.52. The molecule has 2 N–H and O–H groups in total. The van der Waals surface area contributed by atoms with E-state index in [1.807, 2.05) is 26.8 Å². The van der Waals surface area contributed by atoms with Gasteiger partial charge in [-0.2, -0.15) is 0 Å². The van der Waals surface area contributed by atoms with Gasteiger partial charge in [0.2, 0.25) is 10.0 Å². The molecule has 0 spiro atoms. The zero-order chi connectivity index (χ0) is 15.4. The number of hydrogen-bond acceptors (Lipinski definition) is 3. The molecule has 0 atom stereocenters. The van der Waals surface area contributed by atoms with Gasteiger partial charge < -0.3 is 5.32 Å². The van der Waals surface area contributed by atoms with Crippen LogP contribution in [0.15, 0.2) is 27.6 Å². The molecule has 0 aliphatic heterocycles. The molecule has 0 fully saturated rings. The van der Waals surface area contributed by atoms with E-state index < -0.39 is 15.6 Å². The van der Waals surface area contributed by atoms with Gasteiger partial charge in [-0.15, -0.1) is 0 Å². The highest BCUT2D eigenvalue weighted by atomic mass is 79.9. The van der Waals surface area contributed by atoms with Crippen molar-refractivity contribution in [2.24, 2.45) is 0 Å². The Morgan fingerprint density at radius 1 is 1.25 bits per heavy atom. The van der Waals surface area contributed by atoms with Crippen molar-refractivity contribution in [3.8, 4) is 0 Å². The molecule has 0 heterocycles. The van der Waals surface area contributed by atoms with Crippen LogP contribution in [0.1, 0.15) is 39.7 Å². The fraction of sp³-hybridized carbons (Fsp3) is 0.571. The fourth-order valence-corrected chi connectivity index (χ4v) is 4.16. The summed E-state index contributed by atoms with van der Waals surface area (Å²) in [6.07, 6.45) is 1.05. The summed E-state index contributed by atoms with van der Waals surface area (Å²) in [5, 5.41) is 3.27. The minimum absolute atomic E-state index is 0.281. The van der Waals surface area contributed by atoms with Crippen molar-refractivity contribution < 1.29 is 8.42 Å². The first-order chi connectivity index (χ1) is 9.15. The quantitative estimate of drug-likeness (QED) is 0.764. The summed E-state index contributed by atoms with van der Waals surface area (Å²) in [6.45, 7) is 9.15. The lowest BCUT2D eigenvalue weighted by Crippen LogP contribution is -2.40. The highest BCUT2D eigenvalue weighted by Gasteiger charge is 2.24. The van der Waals surface area contributed by atoms with E-state index in [1.54, 1.807) is 12.1 Å². The van der Waals surface area contributed by atoms with Crippen LogP contribution in [0.3, 0.4) is 0 Å². The van der Waals surface area contributed by atoms with Crippen molar-refractivity contribution >= 4 is 26.0 Å². The molecule has 0 aliphatic rings. The third-order valence-corrected chi connectivity index (χ3v) is 5.23. The Morgan fingerprint density at radius 2 is 1.90 bits per heavy atom. The van der Waals surface area contributed by atoms with Crippen molar-refractivity contribution in [3.05, 3.63) is 28.2 Å². The standard InChI is InChI=1S/C14H23BrN2O2S/c1-5-8-16-10-11-6-7-12(15)13(9-11)20(18,19)17-14(2,3)4/h6-7,9,16-17H,5,8,10H2,1-4H3. The monoisotopic (exact) mass is 362 g/mol. The van der Waals surface area contributed by atoms with Gasteiger partial charge in [-0.3, -0.25) is 0 Å². The fourth-order valence-electron chi connectivity index (χ4n) is 1.73. The van der Waals surface area contributed by atoms with Crippen LogP contribution in [-0.2, 0) is 16.6 Å². The predicted molar refractivity (Wildman–Crippen MR) is 86.2 cm³/mol. The SMILES string of the molecule is CCCNCc1ccc(Br)c(S(=O)(=O)NC(C)(C)C)c1. The molecule has 20 heavy (non-hydrogen) atoms. The van der Waals surface area contributed by atoms with E-state index in [0.717, 1.165) is 18.5 Å². The zero-order valence-corrected chi connectivity index (χ0v) is 14.9. The molecule has 0 bridgehead atoms. The summed E-state index contributed by atoms with van der Waals surface area (Å²) in [4.78, 5) is 0.281. The molecule has 6 heteroatoms. The van der Waals surface area contributed by atoms with E-state index in [1.165, 1.54) is 0 Å². The Kier molecular flexibility index (Phi) is 6.19. The largest absolute Gasteiger partial charge is 0.313 e. The number of hydrogen-bond donors (Lipinski definition) is 2. The van der Waals surface area contributed by atoms with Gasteiger partial charge >= 0.3 is 0 Å². The minimum atomic E-state index is -3.53. The van der Waals surface area contributed by atoms with Gasteiger partial charge in [0, 0.05) is 16.6 Å². The van der Waals surface area contributed by atoms with Gasteiger partial charge in [0.05, 0.1) is 4.90 Å². The zero-order valence-electron chi connectivity index (χ0n) is 12.5. The van der Waals surface area contributed by atoms with Crippen LogP contribution in [-0.4, -0.2) is 20.5 Å². The average molecular weight is 363 g/mol. The van der Waals surface area contributed by atoms with Gasteiger partial charge in [0.25, 0.3) is 0 Å². The number of halogens is 1. The predicted octanol–water partition coefficient (Wildman–Crippen LogP) is 3.03. The van der Waals surface area contributed by atoms with Crippen molar-refractivity contribution in [1.82, 2.24) is 10.0 Å². The molecule has 0 radical (unpaired) electrons. The number of rotatable bonds is 6. The molecule has 4 nitrogen and oxygen atoms in total. The first kappa shape index (κ1) is 17.6. The Labute approximate surface area is 130 Å². The molecule has 0 amide bonds. The normalized spacial score (nSPS) is 12.7. The molecule has 0 aliphatic carbocycles. The van der Waals surface area contributed by atoms with E-state index in [-0.39, 0.29) is 4.90 Å².